The van der Waals surface area contributed by atoms with Crippen LogP contribution >= 0.6 is 0 Å². The molecule has 0 saturated heterocycles. The van der Waals surface area contributed by atoms with E-state index < -0.39 is 0 Å². The summed E-state index contributed by atoms with van der Waals surface area (Å²) in [5, 5.41) is 0. The van der Waals surface area contributed by atoms with E-state index in [1.807, 2.05) is 36.4 Å². The number of aromatic nitrogens is 2. The van der Waals surface area contributed by atoms with Crippen LogP contribution in [0.5, 0.6) is 0 Å². The van der Waals surface area contributed by atoms with Gasteiger partial charge in [0.1, 0.15) is 0 Å². The number of rotatable bonds is 4. The molecule has 0 aliphatic heterocycles. The molecule has 4 aromatic rings. The Balaban J connectivity index is 0.000000161. The van der Waals surface area contributed by atoms with Crippen molar-refractivity contribution >= 4 is 11.6 Å². The van der Waals surface area contributed by atoms with Crippen LogP contribution < -0.4 is 0 Å². The van der Waals surface area contributed by atoms with Gasteiger partial charge in [0.05, 0.1) is 0 Å². The zero-order chi connectivity index (χ0) is 19.6. The summed E-state index contributed by atoms with van der Waals surface area (Å²) in [4.78, 5) is 31.4. The topological polar surface area (TPSA) is 59.9 Å². The maximum Gasteiger partial charge on any atom is 0.194 e. The van der Waals surface area contributed by atoms with Gasteiger partial charge in [-0.05, 0) is 24.3 Å². The number of carbonyl (C=O) groups excluding carboxylic acids is 2. The lowest BCUT2D eigenvalue weighted by molar-refractivity contribution is 0.103. The van der Waals surface area contributed by atoms with Gasteiger partial charge < -0.3 is 0 Å². The highest BCUT2D eigenvalue weighted by atomic mass is 16.1. The van der Waals surface area contributed by atoms with Crippen molar-refractivity contribution < 1.29 is 9.59 Å². The van der Waals surface area contributed by atoms with Gasteiger partial charge in [-0.3, -0.25) is 19.6 Å². The Morgan fingerprint density at radius 1 is 0.464 bits per heavy atom. The van der Waals surface area contributed by atoms with Gasteiger partial charge >= 0.3 is 0 Å². The van der Waals surface area contributed by atoms with Gasteiger partial charge in [-0.25, -0.2) is 0 Å². The Morgan fingerprint density at radius 2 is 0.821 bits per heavy atom. The van der Waals surface area contributed by atoms with E-state index in [1.54, 1.807) is 73.3 Å². The first kappa shape index (κ1) is 18.9. The first-order valence-corrected chi connectivity index (χ1v) is 8.75. The predicted molar refractivity (Wildman–Crippen MR) is 108 cm³/mol. The molecule has 4 rings (SSSR count). The van der Waals surface area contributed by atoms with Crippen LogP contribution in [-0.2, 0) is 0 Å². The standard InChI is InChI=1S/2C12H9NO/c2*14-12(10-5-2-1-3-6-10)11-7-4-8-13-9-11/h2*1-9H. The lowest BCUT2D eigenvalue weighted by atomic mass is 10.1. The SMILES string of the molecule is O=C(c1ccccc1)c1cccnc1.O=C(c1ccccc1)c1cccnc1. The molecular weight excluding hydrogens is 348 g/mol. The molecule has 0 aliphatic carbocycles. The molecular formula is C24H18N2O2. The van der Waals surface area contributed by atoms with E-state index in [9.17, 15) is 9.59 Å². The van der Waals surface area contributed by atoms with Crippen LogP contribution in [0.1, 0.15) is 31.8 Å². The maximum absolute atomic E-state index is 11.8. The molecule has 0 bridgehead atoms. The van der Waals surface area contributed by atoms with Crippen molar-refractivity contribution in [3.63, 3.8) is 0 Å². The van der Waals surface area contributed by atoms with Crippen molar-refractivity contribution in [2.24, 2.45) is 0 Å². The van der Waals surface area contributed by atoms with Gasteiger partial charge in [-0.2, -0.15) is 0 Å². The minimum absolute atomic E-state index is 0.0127. The number of carbonyl (C=O) groups is 2. The van der Waals surface area contributed by atoms with Gasteiger partial charge in [0.25, 0.3) is 0 Å². The third-order valence-corrected chi connectivity index (χ3v) is 3.92. The van der Waals surface area contributed by atoms with Crippen LogP contribution in [0.2, 0.25) is 0 Å². The molecule has 4 heteroatoms. The molecule has 0 aliphatic rings. The number of hydrogen-bond donors (Lipinski definition) is 0. The number of pyridine rings is 2. The van der Waals surface area contributed by atoms with Crippen molar-refractivity contribution in [1.82, 2.24) is 9.97 Å². The molecule has 28 heavy (non-hydrogen) atoms. The Hall–Kier alpha value is -3.92. The summed E-state index contributed by atoms with van der Waals surface area (Å²) in [7, 11) is 0. The van der Waals surface area contributed by atoms with Gasteiger partial charge in [-0.1, -0.05) is 60.7 Å². The molecule has 0 N–H and O–H groups in total. The monoisotopic (exact) mass is 366 g/mol. The number of ketones is 2. The number of hydrogen-bond acceptors (Lipinski definition) is 4. The minimum Gasteiger partial charge on any atom is -0.289 e. The molecule has 2 aromatic heterocycles. The smallest absolute Gasteiger partial charge is 0.194 e. The maximum atomic E-state index is 11.8. The average Bonchev–Trinajstić information content (AvgIpc) is 2.81. The molecule has 0 saturated carbocycles. The van der Waals surface area contributed by atoms with E-state index >= 15 is 0 Å². The van der Waals surface area contributed by atoms with Gasteiger partial charge in [-0.15, -0.1) is 0 Å². The molecule has 0 fully saturated rings. The van der Waals surface area contributed by atoms with Crippen LogP contribution in [0.3, 0.4) is 0 Å². The van der Waals surface area contributed by atoms with Gasteiger partial charge in [0.2, 0.25) is 0 Å². The van der Waals surface area contributed by atoms with E-state index in [-0.39, 0.29) is 11.6 Å². The molecule has 2 aromatic carbocycles. The molecule has 4 nitrogen and oxygen atoms in total. The first-order chi connectivity index (χ1) is 13.8. The van der Waals surface area contributed by atoms with Crippen LogP contribution in [-0.4, -0.2) is 21.5 Å². The lowest BCUT2D eigenvalue weighted by Gasteiger charge is -1.98. The van der Waals surface area contributed by atoms with Crippen LogP contribution in [0, 0.1) is 0 Å². The van der Waals surface area contributed by atoms with Crippen molar-refractivity contribution in [1.29, 1.82) is 0 Å². The number of nitrogens with zero attached hydrogens (tertiary/aromatic N) is 2. The molecule has 0 radical (unpaired) electrons. The highest BCUT2D eigenvalue weighted by Crippen LogP contribution is 2.08. The Labute approximate surface area is 163 Å². The summed E-state index contributed by atoms with van der Waals surface area (Å²) in [6.45, 7) is 0. The van der Waals surface area contributed by atoms with Crippen molar-refractivity contribution in [2.45, 2.75) is 0 Å². The third-order valence-electron chi connectivity index (χ3n) is 3.92. The summed E-state index contributed by atoms with van der Waals surface area (Å²) in [5.74, 6) is 0.0254. The summed E-state index contributed by atoms with van der Waals surface area (Å²) < 4.78 is 0. The fourth-order valence-electron chi connectivity index (χ4n) is 2.51. The zero-order valence-corrected chi connectivity index (χ0v) is 15.1. The Morgan fingerprint density at radius 3 is 1.14 bits per heavy atom. The first-order valence-electron chi connectivity index (χ1n) is 8.75. The van der Waals surface area contributed by atoms with Crippen LogP contribution in [0.4, 0.5) is 0 Å². The summed E-state index contributed by atoms with van der Waals surface area (Å²) >= 11 is 0. The molecule has 2 heterocycles. The van der Waals surface area contributed by atoms with Crippen molar-refractivity contribution in [3.8, 4) is 0 Å². The Kier molecular flexibility index (Phi) is 6.53. The highest BCUT2D eigenvalue weighted by molar-refractivity contribution is 6.09. The summed E-state index contributed by atoms with van der Waals surface area (Å²) in [6, 6.07) is 25.4. The van der Waals surface area contributed by atoms with Gasteiger partial charge in [0.15, 0.2) is 11.6 Å². The van der Waals surface area contributed by atoms with E-state index in [4.69, 9.17) is 0 Å². The van der Waals surface area contributed by atoms with E-state index in [2.05, 4.69) is 9.97 Å². The second-order valence-corrected chi connectivity index (χ2v) is 5.87. The average molecular weight is 366 g/mol. The van der Waals surface area contributed by atoms with Crippen molar-refractivity contribution in [3.05, 3.63) is 132 Å². The molecule has 0 spiro atoms. The van der Waals surface area contributed by atoms with E-state index in [0.717, 1.165) is 0 Å². The molecule has 0 atom stereocenters. The quantitative estimate of drug-likeness (QED) is 0.494. The van der Waals surface area contributed by atoms with Gasteiger partial charge in [0, 0.05) is 47.0 Å². The normalized spacial score (nSPS) is 9.71. The molecule has 0 amide bonds. The zero-order valence-electron chi connectivity index (χ0n) is 15.1. The summed E-state index contributed by atoms with van der Waals surface area (Å²) in [5.41, 5.74) is 2.64. The lowest BCUT2D eigenvalue weighted by Crippen LogP contribution is -2.00. The van der Waals surface area contributed by atoms with E-state index in [1.165, 1.54) is 0 Å². The predicted octanol–water partition coefficient (Wildman–Crippen LogP) is 4.63. The molecule has 0 unspecified atom stereocenters. The van der Waals surface area contributed by atoms with Crippen LogP contribution in [0.25, 0.3) is 0 Å². The fraction of sp³-hybridized carbons (Fsp3) is 0. The summed E-state index contributed by atoms with van der Waals surface area (Å²) in [6.07, 6.45) is 6.47. The van der Waals surface area contributed by atoms with Crippen LogP contribution in [0.15, 0.2) is 110 Å². The largest absolute Gasteiger partial charge is 0.289 e. The molecule has 136 valence electrons. The fourth-order valence-corrected chi connectivity index (χ4v) is 2.51. The Bertz CT molecular complexity index is 849. The second-order valence-electron chi connectivity index (χ2n) is 5.87. The highest BCUT2D eigenvalue weighted by Gasteiger charge is 2.07. The second kappa shape index (κ2) is 9.69. The van der Waals surface area contributed by atoms with Crippen molar-refractivity contribution in [2.75, 3.05) is 0 Å². The third kappa shape index (κ3) is 5.05. The van der Waals surface area contributed by atoms with E-state index in [0.29, 0.717) is 22.3 Å². The minimum atomic E-state index is 0.0127. The number of benzene rings is 2.